The van der Waals surface area contributed by atoms with Gasteiger partial charge in [0.1, 0.15) is 0 Å². The molecule has 1 saturated heterocycles. The van der Waals surface area contributed by atoms with Gasteiger partial charge in [0.2, 0.25) is 10.0 Å². The zero-order valence-corrected chi connectivity index (χ0v) is 16.5. The van der Waals surface area contributed by atoms with Crippen molar-refractivity contribution in [2.45, 2.75) is 11.4 Å². The number of halogens is 2. The van der Waals surface area contributed by atoms with Gasteiger partial charge < -0.3 is 0 Å². The van der Waals surface area contributed by atoms with Crippen molar-refractivity contribution < 1.29 is 13.3 Å². The molecule has 0 spiro atoms. The van der Waals surface area contributed by atoms with Crippen LogP contribution in [0.4, 0.5) is 5.69 Å². The highest BCUT2D eigenvalue weighted by Crippen LogP contribution is 2.25. The van der Waals surface area contributed by atoms with Gasteiger partial charge in [0.15, 0.2) is 0 Å². The summed E-state index contributed by atoms with van der Waals surface area (Å²) in [6.45, 7) is 2.36. The molecule has 1 heterocycles. The molecule has 144 valence electrons. The fourth-order valence-corrected chi connectivity index (χ4v) is 4.71. The molecule has 1 fully saturated rings. The first-order chi connectivity index (χ1) is 12.8. The van der Waals surface area contributed by atoms with Crippen LogP contribution in [0.1, 0.15) is 5.56 Å². The van der Waals surface area contributed by atoms with E-state index < -0.39 is 14.9 Å². The minimum Gasteiger partial charge on any atom is -0.296 e. The largest absolute Gasteiger partial charge is 0.296 e. The topological polar surface area (TPSA) is 83.8 Å². The van der Waals surface area contributed by atoms with E-state index in [9.17, 15) is 18.5 Å². The Balaban J connectivity index is 1.66. The molecule has 3 rings (SSSR count). The Bertz CT molecular complexity index is 960. The van der Waals surface area contributed by atoms with Crippen LogP contribution in [0.3, 0.4) is 0 Å². The quantitative estimate of drug-likeness (QED) is 0.536. The van der Waals surface area contributed by atoms with E-state index in [1.807, 2.05) is 6.07 Å². The number of benzene rings is 2. The van der Waals surface area contributed by atoms with Crippen molar-refractivity contribution in [3.63, 3.8) is 0 Å². The van der Waals surface area contributed by atoms with Gasteiger partial charge >= 0.3 is 0 Å². The van der Waals surface area contributed by atoms with Gasteiger partial charge in [0, 0.05) is 44.9 Å². The third-order valence-corrected chi connectivity index (χ3v) is 7.02. The van der Waals surface area contributed by atoms with Crippen molar-refractivity contribution in [2.75, 3.05) is 26.2 Å². The lowest BCUT2D eigenvalue weighted by atomic mass is 10.2. The minimum atomic E-state index is -3.76. The first-order valence-corrected chi connectivity index (χ1v) is 10.4. The third kappa shape index (κ3) is 4.59. The maximum Gasteiger partial charge on any atom is 0.270 e. The molecule has 0 bridgehead atoms. The number of nitro groups is 1. The van der Waals surface area contributed by atoms with Gasteiger partial charge in [-0.1, -0.05) is 35.3 Å². The number of hydrogen-bond acceptors (Lipinski definition) is 5. The molecule has 0 unspecified atom stereocenters. The van der Waals surface area contributed by atoms with Gasteiger partial charge in [-0.05, 0) is 23.8 Å². The summed E-state index contributed by atoms with van der Waals surface area (Å²) in [4.78, 5) is 12.4. The second kappa shape index (κ2) is 8.12. The average Bonchev–Trinajstić information content (AvgIpc) is 2.65. The normalized spacial score (nSPS) is 16.4. The molecule has 0 amide bonds. The highest BCUT2D eigenvalue weighted by Gasteiger charge is 2.29. The predicted octanol–water partition coefficient (Wildman–Crippen LogP) is 3.41. The van der Waals surface area contributed by atoms with E-state index in [0.29, 0.717) is 42.8 Å². The van der Waals surface area contributed by atoms with Crippen molar-refractivity contribution in [3.05, 3.63) is 68.2 Å². The van der Waals surface area contributed by atoms with Gasteiger partial charge in [-0.3, -0.25) is 15.0 Å². The highest BCUT2D eigenvalue weighted by molar-refractivity contribution is 7.89. The molecule has 2 aromatic carbocycles. The smallest absolute Gasteiger partial charge is 0.270 e. The van der Waals surface area contributed by atoms with Crippen LogP contribution >= 0.6 is 23.2 Å². The van der Waals surface area contributed by atoms with E-state index in [2.05, 4.69) is 4.90 Å². The zero-order valence-electron chi connectivity index (χ0n) is 14.2. The summed E-state index contributed by atoms with van der Waals surface area (Å²) in [5, 5.41) is 11.9. The van der Waals surface area contributed by atoms with E-state index in [-0.39, 0.29) is 10.6 Å². The highest BCUT2D eigenvalue weighted by atomic mass is 35.5. The van der Waals surface area contributed by atoms with Crippen molar-refractivity contribution >= 4 is 38.9 Å². The summed E-state index contributed by atoms with van der Waals surface area (Å²) >= 11 is 12.0. The van der Waals surface area contributed by atoms with E-state index >= 15 is 0 Å². The van der Waals surface area contributed by atoms with Gasteiger partial charge in [-0.15, -0.1) is 0 Å². The number of rotatable bonds is 5. The molecular formula is C17H17Cl2N3O4S. The summed E-state index contributed by atoms with van der Waals surface area (Å²) in [7, 11) is -3.76. The molecule has 0 aromatic heterocycles. The van der Waals surface area contributed by atoms with E-state index in [1.165, 1.54) is 22.5 Å². The Kier molecular flexibility index (Phi) is 6.02. The van der Waals surface area contributed by atoms with Crippen LogP contribution in [0.5, 0.6) is 0 Å². The standard InChI is InChI=1S/C17H17Cl2N3O4S/c18-16-5-4-13(10-17(16)19)12-20-6-8-21(9-7-20)27(25,26)15-3-1-2-14(11-15)22(23)24/h1-5,10-11H,6-9,12H2. The zero-order chi connectivity index (χ0) is 19.6. The SMILES string of the molecule is O=[N+]([O-])c1cccc(S(=O)(=O)N2CCN(Cc3ccc(Cl)c(Cl)c3)CC2)c1. The van der Waals surface area contributed by atoms with Gasteiger partial charge in [-0.2, -0.15) is 4.31 Å². The molecule has 0 radical (unpaired) electrons. The molecule has 0 aliphatic carbocycles. The Morgan fingerprint density at radius 2 is 1.70 bits per heavy atom. The van der Waals surface area contributed by atoms with Crippen LogP contribution in [-0.4, -0.2) is 48.7 Å². The Labute approximate surface area is 167 Å². The molecule has 0 saturated carbocycles. The Morgan fingerprint density at radius 3 is 2.33 bits per heavy atom. The third-order valence-electron chi connectivity index (χ3n) is 4.39. The molecule has 0 N–H and O–H groups in total. The minimum absolute atomic E-state index is 0.0605. The average molecular weight is 430 g/mol. The Morgan fingerprint density at radius 1 is 1.00 bits per heavy atom. The summed E-state index contributed by atoms with van der Waals surface area (Å²) in [5.74, 6) is 0. The first kappa shape index (κ1) is 20.0. The first-order valence-electron chi connectivity index (χ1n) is 8.18. The van der Waals surface area contributed by atoms with Gasteiger partial charge in [0.05, 0.1) is 19.9 Å². The number of non-ortho nitro benzene ring substituents is 1. The number of piperazine rings is 1. The van der Waals surface area contributed by atoms with Crippen LogP contribution in [0.15, 0.2) is 47.4 Å². The van der Waals surface area contributed by atoms with E-state index in [1.54, 1.807) is 12.1 Å². The molecule has 7 nitrogen and oxygen atoms in total. The van der Waals surface area contributed by atoms with Crippen molar-refractivity contribution in [1.82, 2.24) is 9.21 Å². The lowest BCUT2D eigenvalue weighted by Crippen LogP contribution is -2.48. The molecule has 10 heteroatoms. The molecule has 1 aliphatic rings. The van der Waals surface area contributed by atoms with Crippen molar-refractivity contribution in [2.24, 2.45) is 0 Å². The monoisotopic (exact) mass is 429 g/mol. The second-order valence-electron chi connectivity index (χ2n) is 6.18. The van der Waals surface area contributed by atoms with Crippen LogP contribution < -0.4 is 0 Å². The second-order valence-corrected chi connectivity index (χ2v) is 8.94. The Hall–Kier alpha value is -1.71. The predicted molar refractivity (Wildman–Crippen MR) is 104 cm³/mol. The van der Waals surface area contributed by atoms with E-state index in [4.69, 9.17) is 23.2 Å². The molecule has 0 atom stereocenters. The molecule has 1 aliphatic heterocycles. The molecule has 2 aromatic rings. The number of sulfonamides is 1. The van der Waals surface area contributed by atoms with Crippen molar-refractivity contribution in [3.8, 4) is 0 Å². The summed E-state index contributed by atoms with van der Waals surface area (Å²) in [6, 6.07) is 10.6. The number of nitro benzene ring substituents is 1. The van der Waals surface area contributed by atoms with E-state index in [0.717, 1.165) is 11.6 Å². The van der Waals surface area contributed by atoms with Crippen molar-refractivity contribution in [1.29, 1.82) is 0 Å². The van der Waals surface area contributed by atoms with Crippen LogP contribution in [0, 0.1) is 10.1 Å². The maximum absolute atomic E-state index is 12.8. The summed E-state index contributed by atoms with van der Waals surface area (Å²) in [5.41, 5.74) is 0.758. The maximum atomic E-state index is 12.8. The lowest BCUT2D eigenvalue weighted by molar-refractivity contribution is -0.385. The van der Waals surface area contributed by atoms with Crippen LogP contribution in [-0.2, 0) is 16.6 Å². The van der Waals surface area contributed by atoms with Crippen LogP contribution in [0.25, 0.3) is 0 Å². The summed E-state index contributed by atoms with van der Waals surface area (Å²) in [6.07, 6.45) is 0. The number of hydrogen-bond donors (Lipinski definition) is 0. The van der Waals surface area contributed by atoms with Gasteiger partial charge in [-0.25, -0.2) is 8.42 Å². The summed E-state index contributed by atoms with van der Waals surface area (Å²) < 4.78 is 26.9. The molecular weight excluding hydrogens is 413 g/mol. The fourth-order valence-electron chi connectivity index (χ4n) is 2.93. The van der Waals surface area contributed by atoms with Crippen LogP contribution in [0.2, 0.25) is 10.0 Å². The molecule has 27 heavy (non-hydrogen) atoms. The number of nitrogens with zero attached hydrogens (tertiary/aromatic N) is 3. The lowest BCUT2D eigenvalue weighted by Gasteiger charge is -2.34. The van der Waals surface area contributed by atoms with Gasteiger partial charge in [0.25, 0.3) is 5.69 Å². The fraction of sp³-hybridized carbons (Fsp3) is 0.294.